The number of nitrogens with zero attached hydrogens (tertiary/aromatic N) is 3. The van der Waals surface area contributed by atoms with Crippen molar-refractivity contribution in [1.82, 2.24) is 19.6 Å². The molecule has 0 radical (unpaired) electrons. The van der Waals surface area contributed by atoms with Crippen molar-refractivity contribution in [2.24, 2.45) is 0 Å². The van der Waals surface area contributed by atoms with E-state index in [0.29, 0.717) is 5.65 Å². The fraction of sp³-hybridized carbons (Fsp3) is 0.267. The topological polar surface area (TPSA) is 75.1 Å². The maximum Gasteiger partial charge on any atom is 0.347 e. The quantitative estimate of drug-likeness (QED) is 0.700. The molecule has 0 unspecified atom stereocenters. The fourth-order valence-corrected chi connectivity index (χ4v) is 2.32. The molecule has 6 nitrogen and oxygen atoms in total. The average molecular weight is 283 g/mol. The molecule has 3 aromatic rings. The second-order valence-corrected chi connectivity index (χ2v) is 5.00. The van der Waals surface area contributed by atoms with Gasteiger partial charge in [-0.15, -0.1) is 0 Å². The first-order chi connectivity index (χ1) is 10.2. The molecule has 3 rings (SSSR count). The summed E-state index contributed by atoms with van der Waals surface area (Å²) in [5, 5.41) is 9.86. The van der Waals surface area contributed by atoms with Gasteiger partial charge in [0.2, 0.25) is 0 Å². The first kappa shape index (κ1) is 13.4. The molecular formula is C15H17N5O. The van der Waals surface area contributed by atoms with Crippen LogP contribution in [-0.2, 0) is 6.42 Å². The van der Waals surface area contributed by atoms with Gasteiger partial charge in [-0.25, -0.2) is 14.3 Å². The summed E-state index contributed by atoms with van der Waals surface area (Å²) in [6.07, 6.45) is 5.47. The molecule has 0 aromatic carbocycles. The Hall–Kier alpha value is -2.63. The number of aromatic amines is 1. The summed E-state index contributed by atoms with van der Waals surface area (Å²) in [5.41, 5.74) is 3.38. The minimum Gasteiger partial charge on any atom is -0.382 e. The highest BCUT2D eigenvalue weighted by atomic mass is 16.1. The number of aryl methyl sites for hydroxylation is 2. The summed E-state index contributed by atoms with van der Waals surface area (Å²) < 4.78 is 1.52. The van der Waals surface area contributed by atoms with Crippen molar-refractivity contribution in [1.29, 1.82) is 0 Å². The Morgan fingerprint density at radius 3 is 3.10 bits per heavy atom. The fourth-order valence-electron chi connectivity index (χ4n) is 2.32. The molecule has 0 saturated heterocycles. The lowest BCUT2D eigenvalue weighted by Gasteiger charge is -2.08. The molecule has 3 heterocycles. The van der Waals surface area contributed by atoms with Crippen LogP contribution in [0, 0.1) is 6.92 Å². The van der Waals surface area contributed by atoms with Crippen molar-refractivity contribution in [3.8, 4) is 0 Å². The Kier molecular flexibility index (Phi) is 3.68. The molecule has 0 saturated carbocycles. The molecule has 0 atom stereocenters. The molecule has 6 heteroatoms. The maximum atomic E-state index is 11.6. The number of pyridine rings is 2. The first-order valence-electron chi connectivity index (χ1n) is 6.95. The third-order valence-electron chi connectivity index (χ3n) is 3.30. The summed E-state index contributed by atoms with van der Waals surface area (Å²) in [6.45, 7) is 2.76. The van der Waals surface area contributed by atoms with Crippen molar-refractivity contribution >= 4 is 11.3 Å². The van der Waals surface area contributed by atoms with E-state index in [1.165, 1.54) is 4.40 Å². The van der Waals surface area contributed by atoms with Gasteiger partial charge in [0.05, 0.1) is 5.69 Å². The number of H-pyrrole nitrogens is 1. The van der Waals surface area contributed by atoms with E-state index in [2.05, 4.69) is 20.5 Å². The maximum absolute atomic E-state index is 11.6. The summed E-state index contributed by atoms with van der Waals surface area (Å²) in [6, 6.07) is 7.94. The number of rotatable bonds is 5. The minimum atomic E-state index is -0.217. The van der Waals surface area contributed by atoms with Gasteiger partial charge in [0.1, 0.15) is 0 Å². The van der Waals surface area contributed by atoms with Gasteiger partial charge in [-0.2, -0.15) is 5.10 Å². The zero-order chi connectivity index (χ0) is 14.7. The standard InChI is InChI=1S/C15H17N5O/c1-11-9-13(14-18-19-15(21)20(14)10-11)17-8-4-6-12-5-2-3-7-16-12/h2-3,5,7,9-10,17H,4,6,8H2,1H3,(H,19,21). The van der Waals surface area contributed by atoms with Crippen molar-refractivity contribution in [2.75, 3.05) is 11.9 Å². The zero-order valence-corrected chi connectivity index (χ0v) is 11.8. The van der Waals surface area contributed by atoms with Crippen molar-refractivity contribution < 1.29 is 0 Å². The minimum absolute atomic E-state index is 0.217. The number of fused-ring (bicyclic) bond motifs is 1. The molecule has 0 bridgehead atoms. The number of anilines is 1. The SMILES string of the molecule is Cc1cc(NCCCc2ccccn2)c2n[nH]c(=O)n2c1. The summed E-state index contributed by atoms with van der Waals surface area (Å²) in [5.74, 6) is 0. The molecule has 2 N–H and O–H groups in total. The van der Waals surface area contributed by atoms with Crippen LogP contribution in [-0.4, -0.2) is 26.1 Å². The van der Waals surface area contributed by atoms with Crippen molar-refractivity contribution in [2.45, 2.75) is 19.8 Å². The third kappa shape index (κ3) is 2.94. The summed E-state index contributed by atoms with van der Waals surface area (Å²) >= 11 is 0. The number of hydrogen-bond donors (Lipinski definition) is 2. The number of aromatic nitrogens is 4. The Bertz CT molecular complexity index is 791. The second kappa shape index (κ2) is 5.78. The first-order valence-corrected chi connectivity index (χ1v) is 6.95. The van der Waals surface area contributed by atoms with E-state index in [9.17, 15) is 4.79 Å². The van der Waals surface area contributed by atoms with E-state index in [4.69, 9.17) is 0 Å². The molecule has 0 spiro atoms. The van der Waals surface area contributed by atoms with Crippen molar-refractivity contribution in [3.05, 3.63) is 58.4 Å². The largest absolute Gasteiger partial charge is 0.382 e. The molecule has 0 amide bonds. The summed E-state index contributed by atoms with van der Waals surface area (Å²) in [7, 11) is 0. The average Bonchev–Trinajstić information content (AvgIpc) is 2.86. The van der Waals surface area contributed by atoms with Gasteiger partial charge in [0.15, 0.2) is 5.65 Å². The van der Waals surface area contributed by atoms with Gasteiger partial charge < -0.3 is 5.32 Å². The highest BCUT2D eigenvalue weighted by Crippen LogP contribution is 2.15. The van der Waals surface area contributed by atoms with E-state index in [0.717, 1.165) is 36.3 Å². The Labute approximate surface area is 121 Å². The number of nitrogens with one attached hydrogen (secondary N) is 2. The lowest BCUT2D eigenvalue weighted by molar-refractivity contribution is 0.836. The lowest BCUT2D eigenvalue weighted by atomic mass is 10.2. The van der Waals surface area contributed by atoms with Crippen LogP contribution in [0.2, 0.25) is 0 Å². The van der Waals surface area contributed by atoms with Gasteiger partial charge in [0, 0.05) is 24.6 Å². The van der Waals surface area contributed by atoms with Gasteiger partial charge in [-0.1, -0.05) is 6.07 Å². The van der Waals surface area contributed by atoms with E-state index < -0.39 is 0 Å². The second-order valence-electron chi connectivity index (χ2n) is 5.00. The zero-order valence-electron chi connectivity index (χ0n) is 11.8. The van der Waals surface area contributed by atoms with E-state index >= 15 is 0 Å². The normalized spacial score (nSPS) is 10.9. The molecule has 108 valence electrons. The molecule has 0 aliphatic heterocycles. The van der Waals surface area contributed by atoms with Crippen LogP contribution in [0.15, 0.2) is 41.5 Å². The molecule has 3 aromatic heterocycles. The molecular weight excluding hydrogens is 266 g/mol. The predicted molar refractivity (Wildman–Crippen MR) is 81.6 cm³/mol. The highest BCUT2D eigenvalue weighted by molar-refractivity contribution is 5.67. The van der Waals surface area contributed by atoms with Crippen LogP contribution < -0.4 is 11.0 Å². The Morgan fingerprint density at radius 2 is 2.29 bits per heavy atom. The monoisotopic (exact) mass is 283 g/mol. The smallest absolute Gasteiger partial charge is 0.347 e. The van der Waals surface area contributed by atoms with Crippen molar-refractivity contribution in [3.63, 3.8) is 0 Å². The lowest BCUT2D eigenvalue weighted by Crippen LogP contribution is -2.11. The van der Waals surface area contributed by atoms with Crippen LogP contribution >= 0.6 is 0 Å². The Balaban J connectivity index is 1.67. The molecule has 0 aliphatic rings. The van der Waals surface area contributed by atoms with Gasteiger partial charge in [0.25, 0.3) is 0 Å². The van der Waals surface area contributed by atoms with Crippen LogP contribution in [0.3, 0.4) is 0 Å². The van der Waals surface area contributed by atoms with Gasteiger partial charge in [-0.05, 0) is 43.5 Å². The van der Waals surface area contributed by atoms with Crippen LogP contribution in [0.5, 0.6) is 0 Å². The Morgan fingerprint density at radius 1 is 1.38 bits per heavy atom. The van der Waals surface area contributed by atoms with Crippen LogP contribution in [0.25, 0.3) is 5.65 Å². The van der Waals surface area contributed by atoms with E-state index in [1.54, 1.807) is 6.20 Å². The summed E-state index contributed by atoms with van der Waals surface area (Å²) in [4.78, 5) is 15.9. The number of hydrogen-bond acceptors (Lipinski definition) is 4. The van der Waals surface area contributed by atoms with E-state index in [1.807, 2.05) is 37.4 Å². The molecule has 21 heavy (non-hydrogen) atoms. The van der Waals surface area contributed by atoms with Gasteiger partial charge >= 0.3 is 5.69 Å². The molecule has 0 fully saturated rings. The third-order valence-corrected chi connectivity index (χ3v) is 3.30. The highest BCUT2D eigenvalue weighted by Gasteiger charge is 2.06. The molecule has 0 aliphatic carbocycles. The van der Waals surface area contributed by atoms with Gasteiger partial charge in [-0.3, -0.25) is 4.98 Å². The van der Waals surface area contributed by atoms with Crippen LogP contribution in [0.4, 0.5) is 5.69 Å². The predicted octanol–water partition coefficient (Wildman–Crippen LogP) is 1.77. The van der Waals surface area contributed by atoms with Crippen LogP contribution in [0.1, 0.15) is 17.7 Å². The van der Waals surface area contributed by atoms with E-state index in [-0.39, 0.29) is 5.69 Å².